The summed E-state index contributed by atoms with van der Waals surface area (Å²) in [7, 11) is -3.78. The number of nitrogens with zero attached hydrogens (tertiary/aromatic N) is 1. The molecule has 1 aliphatic heterocycles. The van der Waals surface area contributed by atoms with Crippen LogP contribution in [0.25, 0.3) is 0 Å². The van der Waals surface area contributed by atoms with E-state index in [0.717, 1.165) is 24.1 Å². The van der Waals surface area contributed by atoms with E-state index in [9.17, 15) is 17.6 Å². The molecular weight excluding hydrogens is 379 g/mol. The van der Waals surface area contributed by atoms with Crippen molar-refractivity contribution in [2.24, 2.45) is 11.8 Å². The van der Waals surface area contributed by atoms with Gasteiger partial charge in [0.05, 0.1) is 10.5 Å². The lowest BCUT2D eigenvalue weighted by molar-refractivity contribution is 0.0946. The molecule has 0 aliphatic carbocycles. The second kappa shape index (κ2) is 8.41. The Labute approximate surface area is 165 Å². The zero-order chi connectivity index (χ0) is 20.3. The summed E-state index contributed by atoms with van der Waals surface area (Å²) in [5.74, 6) is -0.871. The van der Waals surface area contributed by atoms with Crippen molar-refractivity contribution in [1.29, 1.82) is 0 Å². The average molecular weight is 405 g/mol. The molecular formula is C21H25FN2O3S. The first-order valence-corrected chi connectivity index (χ1v) is 10.8. The van der Waals surface area contributed by atoms with Gasteiger partial charge in [-0.3, -0.25) is 4.79 Å². The highest BCUT2D eigenvalue weighted by Gasteiger charge is 2.32. The minimum absolute atomic E-state index is 0.0555. The van der Waals surface area contributed by atoms with Gasteiger partial charge in [-0.1, -0.05) is 44.2 Å². The van der Waals surface area contributed by atoms with Gasteiger partial charge in [0, 0.05) is 19.6 Å². The fraction of sp³-hybridized carbons (Fsp3) is 0.381. The van der Waals surface area contributed by atoms with Crippen LogP contribution in [0.2, 0.25) is 0 Å². The van der Waals surface area contributed by atoms with Crippen molar-refractivity contribution in [3.63, 3.8) is 0 Å². The molecule has 28 heavy (non-hydrogen) atoms. The van der Waals surface area contributed by atoms with Gasteiger partial charge in [-0.2, -0.15) is 4.31 Å². The predicted molar refractivity (Wildman–Crippen MR) is 106 cm³/mol. The SMILES string of the molecule is C[C@@H]1C[C@H](C)CN(S(=O)(=O)c2ccc(F)c(C(=O)NCc3ccccc3)c2)C1. The molecule has 1 aliphatic rings. The Balaban J connectivity index is 1.81. The summed E-state index contributed by atoms with van der Waals surface area (Å²) in [5, 5.41) is 2.64. The monoisotopic (exact) mass is 404 g/mol. The molecule has 1 heterocycles. The van der Waals surface area contributed by atoms with Gasteiger partial charge in [0.1, 0.15) is 5.82 Å². The average Bonchev–Trinajstić information content (AvgIpc) is 2.66. The molecule has 1 fully saturated rings. The van der Waals surface area contributed by atoms with Crippen LogP contribution in [-0.4, -0.2) is 31.7 Å². The maximum Gasteiger partial charge on any atom is 0.254 e. The second-order valence-electron chi connectivity index (χ2n) is 7.58. The molecule has 5 nitrogen and oxygen atoms in total. The molecule has 3 rings (SSSR count). The minimum atomic E-state index is -3.78. The van der Waals surface area contributed by atoms with Crippen LogP contribution < -0.4 is 5.32 Å². The summed E-state index contributed by atoms with van der Waals surface area (Å²) >= 11 is 0. The molecule has 0 spiro atoms. The summed E-state index contributed by atoms with van der Waals surface area (Å²) in [4.78, 5) is 12.4. The number of sulfonamides is 1. The highest BCUT2D eigenvalue weighted by Crippen LogP contribution is 2.27. The molecule has 0 radical (unpaired) electrons. The van der Waals surface area contributed by atoms with Gasteiger partial charge >= 0.3 is 0 Å². The van der Waals surface area contributed by atoms with Gasteiger partial charge < -0.3 is 5.32 Å². The lowest BCUT2D eigenvalue weighted by Gasteiger charge is -2.34. The molecule has 1 saturated heterocycles. The van der Waals surface area contributed by atoms with Crippen molar-refractivity contribution in [2.45, 2.75) is 31.7 Å². The van der Waals surface area contributed by atoms with Gasteiger partial charge in [0.15, 0.2) is 0 Å². The largest absolute Gasteiger partial charge is 0.348 e. The number of hydrogen-bond acceptors (Lipinski definition) is 3. The molecule has 0 aromatic heterocycles. The van der Waals surface area contributed by atoms with E-state index >= 15 is 0 Å². The van der Waals surface area contributed by atoms with E-state index in [2.05, 4.69) is 5.32 Å². The highest BCUT2D eigenvalue weighted by atomic mass is 32.2. The molecule has 2 aromatic carbocycles. The van der Waals surface area contributed by atoms with Gasteiger partial charge in [0.2, 0.25) is 10.0 Å². The van der Waals surface area contributed by atoms with Crippen molar-refractivity contribution in [3.05, 3.63) is 65.5 Å². The Kier molecular flexibility index (Phi) is 6.15. The smallest absolute Gasteiger partial charge is 0.254 e. The van der Waals surface area contributed by atoms with Crippen LogP contribution in [0.15, 0.2) is 53.4 Å². The van der Waals surface area contributed by atoms with E-state index < -0.39 is 21.7 Å². The topological polar surface area (TPSA) is 66.5 Å². The normalized spacial score (nSPS) is 20.7. The quantitative estimate of drug-likeness (QED) is 0.830. The third kappa shape index (κ3) is 4.59. The van der Waals surface area contributed by atoms with E-state index in [1.807, 2.05) is 44.2 Å². The first-order valence-electron chi connectivity index (χ1n) is 9.39. The summed E-state index contributed by atoms with van der Waals surface area (Å²) in [6.07, 6.45) is 0.975. The van der Waals surface area contributed by atoms with Crippen molar-refractivity contribution in [2.75, 3.05) is 13.1 Å². The van der Waals surface area contributed by atoms with Crippen LogP contribution in [0, 0.1) is 17.7 Å². The number of hydrogen-bond donors (Lipinski definition) is 1. The fourth-order valence-corrected chi connectivity index (χ4v) is 5.37. The van der Waals surface area contributed by atoms with E-state index in [0.29, 0.717) is 13.1 Å². The Bertz CT molecular complexity index is 937. The molecule has 1 amide bonds. The lowest BCUT2D eigenvalue weighted by atomic mass is 9.94. The first-order chi connectivity index (χ1) is 13.3. The number of piperidine rings is 1. The van der Waals surface area contributed by atoms with Crippen LogP contribution in [-0.2, 0) is 16.6 Å². The molecule has 0 bridgehead atoms. The zero-order valence-corrected chi connectivity index (χ0v) is 16.9. The lowest BCUT2D eigenvalue weighted by Crippen LogP contribution is -2.42. The summed E-state index contributed by atoms with van der Waals surface area (Å²) in [6, 6.07) is 12.6. The predicted octanol–water partition coefficient (Wildman–Crippen LogP) is 3.42. The van der Waals surface area contributed by atoms with Crippen LogP contribution in [0.1, 0.15) is 36.2 Å². The van der Waals surface area contributed by atoms with Gasteiger partial charge in [0.25, 0.3) is 5.91 Å². The summed E-state index contributed by atoms with van der Waals surface area (Å²) < 4.78 is 41.7. The Hall–Kier alpha value is -2.25. The van der Waals surface area contributed by atoms with Crippen LogP contribution in [0.5, 0.6) is 0 Å². The van der Waals surface area contributed by atoms with Crippen molar-refractivity contribution in [1.82, 2.24) is 9.62 Å². The molecule has 0 unspecified atom stereocenters. The number of carbonyl (C=O) groups is 1. The van der Waals surface area contributed by atoms with Gasteiger partial charge in [-0.25, -0.2) is 12.8 Å². The zero-order valence-electron chi connectivity index (χ0n) is 16.1. The van der Waals surface area contributed by atoms with Crippen LogP contribution in [0.4, 0.5) is 4.39 Å². The molecule has 2 atom stereocenters. The highest BCUT2D eigenvalue weighted by molar-refractivity contribution is 7.89. The number of nitrogens with one attached hydrogen (secondary N) is 1. The summed E-state index contributed by atoms with van der Waals surface area (Å²) in [5.41, 5.74) is 0.603. The first kappa shape index (κ1) is 20.5. The summed E-state index contributed by atoms with van der Waals surface area (Å²) in [6.45, 7) is 5.13. The number of benzene rings is 2. The molecule has 2 aromatic rings. The number of rotatable bonds is 5. The van der Waals surface area contributed by atoms with Crippen LogP contribution in [0.3, 0.4) is 0 Å². The van der Waals surface area contributed by atoms with E-state index in [4.69, 9.17) is 0 Å². The minimum Gasteiger partial charge on any atom is -0.348 e. The Morgan fingerprint density at radius 3 is 2.39 bits per heavy atom. The van der Waals surface area contributed by atoms with E-state index in [-0.39, 0.29) is 28.8 Å². The van der Waals surface area contributed by atoms with Crippen molar-refractivity contribution in [3.8, 4) is 0 Å². The van der Waals surface area contributed by atoms with Crippen molar-refractivity contribution < 1.29 is 17.6 Å². The maximum absolute atomic E-state index is 14.2. The molecule has 0 saturated carbocycles. The number of carbonyl (C=O) groups excluding carboxylic acids is 1. The van der Waals surface area contributed by atoms with Crippen LogP contribution >= 0.6 is 0 Å². The Morgan fingerprint density at radius 2 is 1.75 bits per heavy atom. The van der Waals surface area contributed by atoms with E-state index in [1.54, 1.807) is 0 Å². The molecule has 1 N–H and O–H groups in total. The molecule has 150 valence electrons. The fourth-order valence-electron chi connectivity index (χ4n) is 3.66. The van der Waals surface area contributed by atoms with Crippen molar-refractivity contribution >= 4 is 15.9 Å². The second-order valence-corrected chi connectivity index (χ2v) is 9.52. The van der Waals surface area contributed by atoms with Gasteiger partial charge in [-0.05, 0) is 42.0 Å². The molecule has 7 heteroatoms. The number of halogens is 1. The van der Waals surface area contributed by atoms with E-state index in [1.165, 1.54) is 10.4 Å². The Morgan fingerprint density at radius 1 is 1.11 bits per heavy atom. The standard InChI is InChI=1S/C21H25FN2O3S/c1-15-10-16(2)14-24(13-15)28(26,27)18-8-9-20(22)19(11-18)21(25)23-12-17-6-4-3-5-7-17/h3-9,11,15-16H,10,12-14H2,1-2H3,(H,23,25)/t15-,16+. The maximum atomic E-state index is 14.2. The third-order valence-corrected chi connectivity index (χ3v) is 6.78. The number of amides is 1. The third-order valence-electron chi connectivity index (χ3n) is 4.95. The van der Waals surface area contributed by atoms with Gasteiger partial charge in [-0.15, -0.1) is 0 Å².